The van der Waals surface area contributed by atoms with Crippen LogP contribution in [0.3, 0.4) is 0 Å². The highest BCUT2D eigenvalue weighted by molar-refractivity contribution is 5.69. The molecule has 1 aliphatic heterocycles. The zero-order chi connectivity index (χ0) is 12.5. The minimum atomic E-state index is -0.840. The van der Waals surface area contributed by atoms with E-state index < -0.39 is 5.97 Å². The third-order valence-electron chi connectivity index (χ3n) is 2.65. The number of carboxylic acid groups (broad SMARTS) is 1. The molecule has 6 nitrogen and oxygen atoms in total. The monoisotopic (exact) mass is 246 g/mol. The summed E-state index contributed by atoms with van der Waals surface area (Å²) in [5.41, 5.74) is 5.42. The van der Waals surface area contributed by atoms with Crippen LogP contribution in [0.4, 0.5) is 0 Å². The third kappa shape index (κ3) is 6.58. The van der Waals surface area contributed by atoms with Crippen molar-refractivity contribution in [1.29, 1.82) is 0 Å². The van der Waals surface area contributed by atoms with E-state index in [1.165, 1.54) is 0 Å². The summed E-state index contributed by atoms with van der Waals surface area (Å²) in [7, 11) is 0. The number of carbonyl (C=O) groups is 1. The fourth-order valence-electron chi connectivity index (χ4n) is 1.80. The second-order valence-electron chi connectivity index (χ2n) is 4.13. The summed E-state index contributed by atoms with van der Waals surface area (Å²) in [6.07, 6.45) is 3.04. The smallest absolute Gasteiger partial charge is 0.317 e. The van der Waals surface area contributed by atoms with E-state index >= 15 is 0 Å². The maximum atomic E-state index is 10.6. The lowest BCUT2D eigenvalue weighted by Gasteiger charge is -2.25. The van der Waals surface area contributed by atoms with E-state index in [4.69, 9.17) is 20.3 Å². The van der Waals surface area contributed by atoms with Gasteiger partial charge in [-0.1, -0.05) is 0 Å². The van der Waals surface area contributed by atoms with Crippen LogP contribution in [-0.2, 0) is 14.3 Å². The molecule has 6 heteroatoms. The molecule has 0 aromatic rings. The van der Waals surface area contributed by atoms with Crippen LogP contribution in [0.15, 0.2) is 0 Å². The third-order valence-corrected chi connectivity index (χ3v) is 2.65. The van der Waals surface area contributed by atoms with Gasteiger partial charge >= 0.3 is 5.97 Å². The number of ether oxygens (including phenoxy) is 2. The highest BCUT2D eigenvalue weighted by Crippen LogP contribution is 2.13. The molecule has 0 radical (unpaired) electrons. The zero-order valence-corrected chi connectivity index (χ0v) is 10.1. The van der Waals surface area contributed by atoms with Crippen molar-refractivity contribution in [3.8, 4) is 0 Å². The Labute approximate surface area is 102 Å². The number of nitrogens with zero attached hydrogens (tertiary/aromatic N) is 1. The second-order valence-corrected chi connectivity index (χ2v) is 4.13. The van der Waals surface area contributed by atoms with Gasteiger partial charge < -0.3 is 20.3 Å². The van der Waals surface area contributed by atoms with Gasteiger partial charge in [0, 0.05) is 26.2 Å². The van der Waals surface area contributed by atoms with Crippen LogP contribution in [0, 0.1) is 0 Å². The molecule has 1 atom stereocenters. The van der Waals surface area contributed by atoms with E-state index in [2.05, 4.69) is 0 Å². The van der Waals surface area contributed by atoms with E-state index in [-0.39, 0.29) is 12.8 Å². The average molecular weight is 246 g/mol. The van der Waals surface area contributed by atoms with Gasteiger partial charge in [0.15, 0.2) is 6.29 Å². The van der Waals surface area contributed by atoms with Gasteiger partial charge in [-0.05, 0) is 19.3 Å². The van der Waals surface area contributed by atoms with Crippen LogP contribution in [-0.4, -0.2) is 61.7 Å². The summed E-state index contributed by atoms with van der Waals surface area (Å²) in [6.45, 7) is 2.84. The first-order valence-corrected chi connectivity index (χ1v) is 6.10. The first kappa shape index (κ1) is 14.4. The normalized spacial score (nSPS) is 20.7. The van der Waals surface area contributed by atoms with E-state index in [0.29, 0.717) is 26.2 Å². The SMILES string of the molecule is NCCN(CCOC1CCCCO1)CC(=O)O. The molecular weight excluding hydrogens is 224 g/mol. The predicted octanol–water partition coefficient (Wildman–Crippen LogP) is -0.125. The van der Waals surface area contributed by atoms with Crippen molar-refractivity contribution in [3.05, 3.63) is 0 Å². The molecule has 0 aromatic carbocycles. The standard InChI is InChI=1S/C11H22N2O4/c12-4-5-13(9-10(14)15)6-8-17-11-3-1-2-7-16-11/h11H,1-9,12H2,(H,14,15). The van der Waals surface area contributed by atoms with Crippen molar-refractivity contribution < 1.29 is 19.4 Å². The van der Waals surface area contributed by atoms with Crippen molar-refractivity contribution in [2.24, 2.45) is 5.73 Å². The van der Waals surface area contributed by atoms with Crippen molar-refractivity contribution >= 4 is 5.97 Å². The Balaban J connectivity index is 2.14. The molecule has 0 bridgehead atoms. The van der Waals surface area contributed by atoms with E-state index in [1.807, 2.05) is 0 Å². The molecule has 1 saturated heterocycles. The van der Waals surface area contributed by atoms with E-state index in [1.54, 1.807) is 4.90 Å². The molecule has 100 valence electrons. The fraction of sp³-hybridized carbons (Fsp3) is 0.909. The lowest BCUT2D eigenvalue weighted by Crippen LogP contribution is -2.37. The van der Waals surface area contributed by atoms with Gasteiger partial charge in [0.25, 0.3) is 0 Å². The Morgan fingerprint density at radius 3 is 2.88 bits per heavy atom. The molecule has 0 spiro atoms. The van der Waals surface area contributed by atoms with Crippen LogP contribution >= 0.6 is 0 Å². The van der Waals surface area contributed by atoms with Gasteiger partial charge in [0.05, 0.1) is 13.2 Å². The summed E-state index contributed by atoms with van der Waals surface area (Å²) in [4.78, 5) is 12.4. The molecule has 0 aliphatic carbocycles. The average Bonchev–Trinajstić information content (AvgIpc) is 2.30. The molecule has 17 heavy (non-hydrogen) atoms. The lowest BCUT2D eigenvalue weighted by atomic mass is 10.2. The first-order chi connectivity index (χ1) is 8.22. The van der Waals surface area contributed by atoms with Gasteiger partial charge in [0.1, 0.15) is 0 Å². The molecular formula is C11H22N2O4. The number of hydrogen-bond acceptors (Lipinski definition) is 5. The van der Waals surface area contributed by atoms with Gasteiger partial charge in [0.2, 0.25) is 0 Å². The van der Waals surface area contributed by atoms with Gasteiger partial charge in [-0.3, -0.25) is 9.69 Å². The lowest BCUT2D eigenvalue weighted by molar-refractivity contribution is -0.164. The largest absolute Gasteiger partial charge is 0.480 e. The molecule has 0 aromatic heterocycles. The predicted molar refractivity (Wildman–Crippen MR) is 62.7 cm³/mol. The Kier molecular flexibility index (Phi) is 7.11. The van der Waals surface area contributed by atoms with Crippen LogP contribution < -0.4 is 5.73 Å². The minimum absolute atomic E-state index is 0.00604. The molecule has 1 rings (SSSR count). The summed E-state index contributed by atoms with van der Waals surface area (Å²) in [5, 5.41) is 8.71. The Bertz CT molecular complexity index is 220. The quantitative estimate of drug-likeness (QED) is 0.621. The molecule has 0 saturated carbocycles. The summed E-state index contributed by atoms with van der Waals surface area (Å²) in [6, 6.07) is 0. The summed E-state index contributed by atoms with van der Waals surface area (Å²) >= 11 is 0. The molecule has 1 heterocycles. The number of rotatable bonds is 8. The van der Waals surface area contributed by atoms with Crippen molar-refractivity contribution in [2.45, 2.75) is 25.6 Å². The molecule has 0 amide bonds. The van der Waals surface area contributed by atoms with Crippen molar-refractivity contribution in [2.75, 3.05) is 39.4 Å². The first-order valence-electron chi connectivity index (χ1n) is 6.10. The van der Waals surface area contributed by atoms with Gasteiger partial charge in [-0.15, -0.1) is 0 Å². The molecule has 1 fully saturated rings. The highest BCUT2D eigenvalue weighted by atomic mass is 16.7. The summed E-state index contributed by atoms with van der Waals surface area (Å²) in [5.74, 6) is -0.840. The number of nitrogens with two attached hydrogens (primary N) is 1. The van der Waals surface area contributed by atoms with Crippen LogP contribution in [0.25, 0.3) is 0 Å². The fourth-order valence-corrected chi connectivity index (χ4v) is 1.80. The molecule has 1 unspecified atom stereocenters. The molecule has 3 N–H and O–H groups in total. The number of hydrogen-bond donors (Lipinski definition) is 2. The van der Waals surface area contributed by atoms with E-state index in [0.717, 1.165) is 25.9 Å². The second kappa shape index (κ2) is 8.41. The Hall–Kier alpha value is -0.690. The molecule has 1 aliphatic rings. The minimum Gasteiger partial charge on any atom is -0.480 e. The van der Waals surface area contributed by atoms with Crippen LogP contribution in [0.5, 0.6) is 0 Å². The number of carboxylic acids is 1. The Morgan fingerprint density at radius 1 is 1.47 bits per heavy atom. The van der Waals surface area contributed by atoms with E-state index in [9.17, 15) is 4.79 Å². The van der Waals surface area contributed by atoms with Gasteiger partial charge in [-0.2, -0.15) is 0 Å². The number of aliphatic carboxylic acids is 1. The highest BCUT2D eigenvalue weighted by Gasteiger charge is 2.15. The van der Waals surface area contributed by atoms with Crippen molar-refractivity contribution in [3.63, 3.8) is 0 Å². The Morgan fingerprint density at radius 2 is 2.29 bits per heavy atom. The maximum Gasteiger partial charge on any atom is 0.317 e. The van der Waals surface area contributed by atoms with Crippen molar-refractivity contribution in [1.82, 2.24) is 4.90 Å². The maximum absolute atomic E-state index is 10.6. The summed E-state index contributed by atoms with van der Waals surface area (Å²) < 4.78 is 11.0. The zero-order valence-electron chi connectivity index (χ0n) is 10.1. The van der Waals surface area contributed by atoms with Crippen LogP contribution in [0.2, 0.25) is 0 Å². The topological polar surface area (TPSA) is 85.0 Å². The van der Waals surface area contributed by atoms with Crippen LogP contribution in [0.1, 0.15) is 19.3 Å². The van der Waals surface area contributed by atoms with Gasteiger partial charge in [-0.25, -0.2) is 0 Å².